The van der Waals surface area contributed by atoms with Gasteiger partial charge in [-0.2, -0.15) is 0 Å². The number of aliphatic hydroxyl groups is 1. The summed E-state index contributed by atoms with van der Waals surface area (Å²) in [6, 6.07) is 4.82. The molecule has 0 bridgehead atoms. The minimum atomic E-state index is -0.650. The summed E-state index contributed by atoms with van der Waals surface area (Å²) in [5.74, 6) is 0.263. The van der Waals surface area contributed by atoms with Gasteiger partial charge in [-0.3, -0.25) is 0 Å². The average molecular weight is 273 g/mol. The first-order valence-electron chi connectivity index (χ1n) is 5.30. The van der Waals surface area contributed by atoms with Crippen molar-refractivity contribution < 1.29 is 9.50 Å². The lowest BCUT2D eigenvalue weighted by Crippen LogP contribution is -2.15. The zero-order valence-electron chi connectivity index (χ0n) is 8.42. The van der Waals surface area contributed by atoms with E-state index in [0.717, 1.165) is 0 Å². The Labute approximate surface area is 97.4 Å². The number of hydrogen-bond donors (Lipinski definition) is 1. The van der Waals surface area contributed by atoms with Gasteiger partial charge in [-0.25, -0.2) is 4.39 Å². The number of benzene rings is 1. The van der Waals surface area contributed by atoms with Crippen molar-refractivity contribution in [3.63, 3.8) is 0 Å². The molecule has 1 aromatic rings. The Morgan fingerprint density at radius 2 is 2.20 bits per heavy atom. The summed E-state index contributed by atoms with van der Waals surface area (Å²) >= 11 is 3.20. The van der Waals surface area contributed by atoms with Gasteiger partial charge in [0.15, 0.2) is 0 Å². The maximum Gasteiger partial charge on any atom is 0.130 e. The van der Waals surface area contributed by atoms with Gasteiger partial charge in [0.2, 0.25) is 0 Å². The first kappa shape index (κ1) is 11.1. The monoisotopic (exact) mass is 272 g/mol. The van der Waals surface area contributed by atoms with Crippen LogP contribution in [0.5, 0.6) is 0 Å². The highest BCUT2D eigenvalue weighted by Gasteiger charge is 2.23. The Kier molecular flexibility index (Phi) is 3.42. The Morgan fingerprint density at radius 1 is 1.47 bits per heavy atom. The van der Waals surface area contributed by atoms with Crippen molar-refractivity contribution in [1.29, 1.82) is 0 Å². The summed E-state index contributed by atoms with van der Waals surface area (Å²) < 4.78 is 14.2. The minimum absolute atomic E-state index is 0.323. The molecule has 15 heavy (non-hydrogen) atoms. The van der Waals surface area contributed by atoms with Crippen LogP contribution in [-0.4, -0.2) is 5.11 Å². The van der Waals surface area contributed by atoms with Crippen LogP contribution in [-0.2, 0) is 0 Å². The Hall–Kier alpha value is -0.410. The molecule has 2 rings (SSSR count). The molecule has 1 aliphatic rings. The normalized spacial score (nSPS) is 18.6. The van der Waals surface area contributed by atoms with Crippen molar-refractivity contribution in [1.82, 2.24) is 0 Å². The van der Waals surface area contributed by atoms with Crippen molar-refractivity contribution in [2.24, 2.45) is 5.92 Å². The van der Waals surface area contributed by atoms with Gasteiger partial charge in [0.1, 0.15) is 5.82 Å². The molecule has 1 N–H and O–H groups in total. The maximum absolute atomic E-state index is 13.5. The molecule has 1 unspecified atom stereocenters. The van der Waals surface area contributed by atoms with Crippen molar-refractivity contribution in [2.45, 2.75) is 31.8 Å². The number of aliphatic hydroxyl groups excluding tert-OH is 1. The van der Waals surface area contributed by atoms with Crippen molar-refractivity contribution in [3.8, 4) is 0 Å². The second kappa shape index (κ2) is 4.62. The predicted molar refractivity (Wildman–Crippen MR) is 61.0 cm³/mol. The van der Waals surface area contributed by atoms with Crippen LogP contribution >= 0.6 is 15.9 Å². The van der Waals surface area contributed by atoms with E-state index >= 15 is 0 Å². The fourth-order valence-electron chi connectivity index (χ4n) is 1.94. The number of halogens is 2. The molecule has 0 heterocycles. The van der Waals surface area contributed by atoms with E-state index < -0.39 is 6.10 Å². The SMILES string of the molecule is OC(CC1CCC1)c1ccc(Br)cc1F. The van der Waals surface area contributed by atoms with Crippen LogP contribution in [0.4, 0.5) is 4.39 Å². The van der Waals surface area contributed by atoms with Gasteiger partial charge in [0, 0.05) is 10.0 Å². The third-order valence-corrected chi connectivity index (χ3v) is 3.60. The standard InChI is InChI=1S/C12H14BrFO/c13-9-4-5-10(11(14)7-9)12(15)6-8-2-1-3-8/h4-5,7-8,12,15H,1-3,6H2. The highest BCUT2D eigenvalue weighted by Crippen LogP contribution is 2.35. The fraction of sp³-hybridized carbons (Fsp3) is 0.500. The van der Waals surface area contributed by atoms with Crippen molar-refractivity contribution in [3.05, 3.63) is 34.1 Å². The van der Waals surface area contributed by atoms with E-state index in [0.29, 0.717) is 22.4 Å². The second-order valence-corrected chi connectivity index (χ2v) is 5.13. The lowest BCUT2D eigenvalue weighted by molar-refractivity contribution is 0.115. The molecule has 1 aromatic carbocycles. The average Bonchev–Trinajstić information content (AvgIpc) is 2.11. The van der Waals surface area contributed by atoms with Gasteiger partial charge in [0.25, 0.3) is 0 Å². The van der Waals surface area contributed by atoms with Gasteiger partial charge in [0.05, 0.1) is 6.10 Å². The molecule has 1 atom stereocenters. The zero-order chi connectivity index (χ0) is 10.8. The molecule has 0 radical (unpaired) electrons. The third kappa shape index (κ3) is 2.58. The molecule has 0 saturated heterocycles. The molecule has 1 saturated carbocycles. The van der Waals surface area contributed by atoms with Crippen LogP contribution in [0.25, 0.3) is 0 Å². The van der Waals surface area contributed by atoms with E-state index in [-0.39, 0.29) is 5.82 Å². The Morgan fingerprint density at radius 3 is 2.73 bits per heavy atom. The summed E-state index contributed by atoms with van der Waals surface area (Å²) in [5, 5.41) is 9.87. The smallest absolute Gasteiger partial charge is 0.130 e. The quantitative estimate of drug-likeness (QED) is 0.887. The van der Waals surface area contributed by atoms with Gasteiger partial charge in [-0.05, 0) is 24.5 Å². The molecule has 1 fully saturated rings. The maximum atomic E-state index is 13.5. The summed E-state index contributed by atoms with van der Waals surface area (Å²) in [7, 11) is 0. The summed E-state index contributed by atoms with van der Waals surface area (Å²) in [4.78, 5) is 0. The second-order valence-electron chi connectivity index (χ2n) is 4.21. The largest absolute Gasteiger partial charge is 0.388 e. The molecular formula is C12H14BrFO. The number of hydrogen-bond acceptors (Lipinski definition) is 1. The van der Waals surface area contributed by atoms with E-state index in [1.807, 2.05) is 0 Å². The Bertz CT molecular complexity index is 349. The van der Waals surface area contributed by atoms with Crippen LogP contribution in [0.3, 0.4) is 0 Å². The van der Waals surface area contributed by atoms with E-state index in [1.54, 1.807) is 12.1 Å². The highest BCUT2D eigenvalue weighted by molar-refractivity contribution is 9.10. The first-order valence-corrected chi connectivity index (χ1v) is 6.09. The van der Waals surface area contributed by atoms with Crippen LogP contribution < -0.4 is 0 Å². The van der Waals surface area contributed by atoms with Crippen molar-refractivity contribution in [2.75, 3.05) is 0 Å². The fourth-order valence-corrected chi connectivity index (χ4v) is 2.28. The van der Waals surface area contributed by atoms with E-state index in [1.165, 1.54) is 25.3 Å². The van der Waals surface area contributed by atoms with Gasteiger partial charge in [-0.15, -0.1) is 0 Å². The molecule has 3 heteroatoms. The van der Waals surface area contributed by atoms with E-state index in [9.17, 15) is 9.50 Å². The number of rotatable bonds is 3. The molecule has 1 aliphatic carbocycles. The van der Waals surface area contributed by atoms with Gasteiger partial charge in [-0.1, -0.05) is 41.3 Å². The molecule has 82 valence electrons. The molecule has 0 aromatic heterocycles. The van der Waals surface area contributed by atoms with Crippen LogP contribution in [0.1, 0.15) is 37.4 Å². The lowest BCUT2D eigenvalue weighted by Gasteiger charge is -2.27. The van der Waals surface area contributed by atoms with E-state index in [4.69, 9.17) is 0 Å². The molecule has 1 nitrogen and oxygen atoms in total. The van der Waals surface area contributed by atoms with Crippen LogP contribution in [0.15, 0.2) is 22.7 Å². The van der Waals surface area contributed by atoms with Crippen LogP contribution in [0, 0.1) is 11.7 Å². The molecule has 0 amide bonds. The highest BCUT2D eigenvalue weighted by atomic mass is 79.9. The van der Waals surface area contributed by atoms with Gasteiger partial charge >= 0.3 is 0 Å². The first-order chi connectivity index (χ1) is 7.16. The summed E-state index contributed by atoms with van der Waals surface area (Å²) in [6.45, 7) is 0. The van der Waals surface area contributed by atoms with Crippen molar-refractivity contribution >= 4 is 15.9 Å². The van der Waals surface area contributed by atoms with Gasteiger partial charge < -0.3 is 5.11 Å². The topological polar surface area (TPSA) is 20.2 Å². The lowest BCUT2D eigenvalue weighted by atomic mass is 9.80. The summed E-state index contributed by atoms with van der Waals surface area (Å²) in [6.07, 6.45) is 3.65. The summed E-state index contributed by atoms with van der Waals surface area (Å²) in [5.41, 5.74) is 0.421. The predicted octanol–water partition coefficient (Wildman–Crippen LogP) is 3.81. The molecule has 0 spiro atoms. The van der Waals surface area contributed by atoms with Crippen LogP contribution in [0.2, 0.25) is 0 Å². The third-order valence-electron chi connectivity index (χ3n) is 3.10. The zero-order valence-corrected chi connectivity index (χ0v) is 10.0. The molecular weight excluding hydrogens is 259 g/mol. The Balaban J connectivity index is 2.06. The molecule has 0 aliphatic heterocycles. The minimum Gasteiger partial charge on any atom is -0.388 e. The van der Waals surface area contributed by atoms with E-state index in [2.05, 4.69) is 15.9 Å².